The maximum atomic E-state index is 13.0. The molecule has 1 fully saturated rings. The summed E-state index contributed by atoms with van der Waals surface area (Å²) in [6.07, 6.45) is 1.61. The molecule has 0 spiro atoms. The smallest absolute Gasteiger partial charge is 0.294 e. The van der Waals surface area contributed by atoms with Crippen LogP contribution < -0.4 is 10.7 Å². The third-order valence-electron chi connectivity index (χ3n) is 5.93. The van der Waals surface area contributed by atoms with Crippen LogP contribution in [0.2, 0.25) is 0 Å². The Morgan fingerprint density at radius 1 is 0.944 bits per heavy atom. The Hall–Kier alpha value is -4.11. The number of para-hydroxylation sites is 1. The molecule has 0 atom stereocenters. The summed E-state index contributed by atoms with van der Waals surface area (Å²) in [5, 5.41) is 2.30. The molecule has 4 amide bonds. The first kappa shape index (κ1) is 25.0. The van der Waals surface area contributed by atoms with Gasteiger partial charge in [0.05, 0.1) is 4.91 Å². The van der Waals surface area contributed by atoms with Gasteiger partial charge in [-0.1, -0.05) is 36.4 Å². The molecule has 0 unspecified atom stereocenters. The van der Waals surface area contributed by atoms with E-state index in [-0.39, 0.29) is 17.4 Å². The van der Waals surface area contributed by atoms with Crippen LogP contribution in [0.25, 0.3) is 6.08 Å². The Morgan fingerprint density at radius 3 is 2.28 bits per heavy atom. The number of benzene rings is 2. The molecule has 1 aliphatic rings. The largest absolute Gasteiger partial charge is 0.324 e. The number of thioether (sulfide) groups is 1. The van der Waals surface area contributed by atoms with Crippen LogP contribution in [0.4, 0.5) is 10.5 Å². The number of nitrogens with zero attached hydrogens (tertiary/aromatic N) is 2. The predicted octanol–water partition coefficient (Wildman–Crippen LogP) is 4.78. The molecular formula is C27H26N4O4S. The first-order chi connectivity index (χ1) is 17.2. The van der Waals surface area contributed by atoms with Crippen LogP contribution in [0.15, 0.2) is 59.5 Å². The zero-order chi connectivity index (χ0) is 26.0. The van der Waals surface area contributed by atoms with E-state index in [4.69, 9.17) is 0 Å². The highest BCUT2D eigenvalue weighted by Gasteiger charge is 2.36. The zero-order valence-electron chi connectivity index (χ0n) is 20.4. The molecular weight excluding hydrogens is 476 g/mol. The standard InChI is InChI=1S/C27H26N4O4S/c1-16-9-8-10-17(2)24(16)28-23(32)15-30-26(34)22(36-27(30)35)14-21-13-18(3)31(19(21)4)29-25(33)20-11-6-5-7-12-20/h5-14H,15H2,1-4H3,(H,28,32)(H,29,33)/b22-14-. The van der Waals surface area contributed by atoms with Gasteiger partial charge in [-0.2, -0.15) is 0 Å². The van der Waals surface area contributed by atoms with E-state index in [1.54, 1.807) is 35.0 Å². The third kappa shape index (κ3) is 5.11. The minimum absolute atomic E-state index is 0.217. The summed E-state index contributed by atoms with van der Waals surface area (Å²) < 4.78 is 1.64. The Balaban J connectivity index is 1.49. The van der Waals surface area contributed by atoms with Crippen LogP contribution in [0.1, 0.15) is 38.4 Å². The predicted molar refractivity (Wildman–Crippen MR) is 141 cm³/mol. The van der Waals surface area contributed by atoms with E-state index in [1.165, 1.54) is 0 Å². The van der Waals surface area contributed by atoms with Gasteiger partial charge in [-0.15, -0.1) is 0 Å². The second kappa shape index (κ2) is 10.2. The average molecular weight is 503 g/mol. The van der Waals surface area contributed by atoms with E-state index in [2.05, 4.69) is 10.7 Å². The van der Waals surface area contributed by atoms with Gasteiger partial charge in [0, 0.05) is 22.6 Å². The molecule has 0 saturated carbocycles. The van der Waals surface area contributed by atoms with Crippen molar-refractivity contribution in [2.45, 2.75) is 27.7 Å². The Morgan fingerprint density at radius 2 is 1.61 bits per heavy atom. The SMILES string of the molecule is Cc1cccc(C)c1NC(=O)CN1C(=O)S/C(=C\c2cc(C)n(NC(=O)c3ccccc3)c2C)C1=O. The fourth-order valence-electron chi connectivity index (χ4n) is 3.97. The summed E-state index contributed by atoms with van der Waals surface area (Å²) in [7, 11) is 0. The van der Waals surface area contributed by atoms with E-state index in [1.807, 2.05) is 58.0 Å². The van der Waals surface area contributed by atoms with Crippen LogP contribution in [-0.4, -0.2) is 39.1 Å². The van der Waals surface area contributed by atoms with Gasteiger partial charge >= 0.3 is 0 Å². The highest BCUT2D eigenvalue weighted by molar-refractivity contribution is 8.18. The number of amides is 4. The van der Waals surface area contributed by atoms with Crippen molar-refractivity contribution in [1.82, 2.24) is 9.58 Å². The lowest BCUT2D eigenvalue weighted by atomic mass is 10.1. The molecule has 36 heavy (non-hydrogen) atoms. The highest BCUT2D eigenvalue weighted by atomic mass is 32.2. The second-order valence-corrected chi connectivity index (χ2v) is 9.54. The molecule has 1 saturated heterocycles. The summed E-state index contributed by atoms with van der Waals surface area (Å²) in [6, 6.07) is 16.3. The molecule has 0 bridgehead atoms. The fraction of sp³-hybridized carbons (Fsp3) is 0.185. The van der Waals surface area contributed by atoms with Gasteiger partial charge in [0.2, 0.25) is 5.91 Å². The number of aromatic nitrogens is 1. The topological polar surface area (TPSA) is 101 Å². The van der Waals surface area contributed by atoms with Crippen molar-refractivity contribution >= 4 is 46.5 Å². The number of imide groups is 1. The van der Waals surface area contributed by atoms with Crippen LogP contribution in [0.5, 0.6) is 0 Å². The van der Waals surface area contributed by atoms with Gasteiger partial charge in [0.1, 0.15) is 6.54 Å². The number of rotatable bonds is 6. The van der Waals surface area contributed by atoms with Crippen molar-refractivity contribution in [2.75, 3.05) is 17.3 Å². The Labute approximate surface area is 213 Å². The molecule has 9 heteroatoms. The average Bonchev–Trinajstić information content (AvgIpc) is 3.26. The van der Waals surface area contributed by atoms with Gasteiger partial charge < -0.3 is 5.32 Å². The molecule has 4 rings (SSSR count). The summed E-state index contributed by atoms with van der Waals surface area (Å²) in [5.41, 5.74) is 7.99. The zero-order valence-corrected chi connectivity index (χ0v) is 21.2. The lowest BCUT2D eigenvalue weighted by Crippen LogP contribution is -2.36. The van der Waals surface area contributed by atoms with Gasteiger partial charge in [-0.3, -0.25) is 34.2 Å². The van der Waals surface area contributed by atoms with Crippen LogP contribution in [0, 0.1) is 27.7 Å². The normalized spacial score (nSPS) is 14.4. The van der Waals surface area contributed by atoms with Gasteiger partial charge in [0.15, 0.2) is 0 Å². The van der Waals surface area contributed by atoms with Crippen LogP contribution in [0.3, 0.4) is 0 Å². The summed E-state index contributed by atoms with van der Waals surface area (Å²) >= 11 is 0.788. The van der Waals surface area contributed by atoms with Gasteiger partial charge in [-0.05, 0) is 80.4 Å². The van der Waals surface area contributed by atoms with E-state index in [9.17, 15) is 19.2 Å². The number of nitrogens with one attached hydrogen (secondary N) is 2. The number of aryl methyl sites for hydroxylation is 3. The maximum Gasteiger partial charge on any atom is 0.294 e. The first-order valence-corrected chi connectivity index (χ1v) is 12.1. The molecule has 184 valence electrons. The van der Waals surface area contributed by atoms with Crippen LogP contribution in [-0.2, 0) is 9.59 Å². The molecule has 2 aromatic carbocycles. The second-order valence-electron chi connectivity index (χ2n) is 8.55. The molecule has 2 heterocycles. The molecule has 1 aromatic heterocycles. The minimum Gasteiger partial charge on any atom is -0.324 e. The Kier molecular flexibility index (Phi) is 7.12. The van der Waals surface area contributed by atoms with E-state index in [0.29, 0.717) is 22.5 Å². The molecule has 3 aromatic rings. The number of hydrogen-bond donors (Lipinski definition) is 2. The van der Waals surface area contributed by atoms with Gasteiger partial charge in [-0.25, -0.2) is 0 Å². The highest BCUT2D eigenvalue weighted by Crippen LogP contribution is 2.33. The monoisotopic (exact) mass is 502 g/mol. The summed E-state index contributed by atoms with van der Waals surface area (Å²) in [6.45, 7) is 7.03. The van der Waals surface area contributed by atoms with E-state index in [0.717, 1.165) is 33.5 Å². The maximum absolute atomic E-state index is 13.0. The number of anilines is 1. The van der Waals surface area contributed by atoms with E-state index < -0.39 is 17.1 Å². The molecule has 0 radical (unpaired) electrons. The summed E-state index contributed by atoms with van der Waals surface area (Å²) in [4.78, 5) is 51.9. The summed E-state index contributed by atoms with van der Waals surface area (Å²) in [5.74, 6) is -1.24. The number of hydrogen-bond acceptors (Lipinski definition) is 5. The van der Waals surface area contributed by atoms with Crippen LogP contribution >= 0.6 is 11.8 Å². The van der Waals surface area contributed by atoms with Crippen molar-refractivity contribution < 1.29 is 19.2 Å². The van der Waals surface area contributed by atoms with Crippen molar-refractivity contribution in [3.63, 3.8) is 0 Å². The number of carbonyl (C=O) groups is 4. The third-order valence-corrected chi connectivity index (χ3v) is 6.83. The molecule has 2 N–H and O–H groups in total. The minimum atomic E-state index is -0.528. The van der Waals surface area contributed by atoms with Crippen molar-refractivity contribution in [3.8, 4) is 0 Å². The Bertz CT molecular complexity index is 1390. The first-order valence-electron chi connectivity index (χ1n) is 11.3. The lowest BCUT2D eigenvalue weighted by molar-refractivity contribution is -0.127. The van der Waals surface area contributed by atoms with Gasteiger partial charge in [0.25, 0.3) is 17.1 Å². The van der Waals surface area contributed by atoms with Crippen molar-refractivity contribution in [1.29, 1.82) is 0 Å². The molecule has 8 nitrogen and oxygen atoms in total. The fourth-order valence-corrected chi connectivity index (χ4v) is 4.80. The lowest BCUT2D eigenvalue weighted by Gasteiger charge is -2.15. The number of carbonyl (C=O) groups excluding carboxylic acids is 4. The molecule has 0 aliphatic carbocycles. The van der Waals surface area contributed by atoms with E-state index >= 15 is 0 Å². The van der Waals surface area contributed by atoms with Crippen molar-refractivity contribution in [2.24, 2.45) is 0 Å². The van der Waals surface area contributed by atoms with Crippen molar-refractivity contribution in [3.05, 3.63) is 93.1 Å². The molecule has 1 aliphatic heterocycles. The quantitative estimate of drug-likeness (QED) is 0.473.